The average molecular weight is 437 g/mol. The molecule has 0 bridgehead atoms. The number of piperidine rings is 1. The summed E-state index contributed by atoms with van der Waals surface area (Å²) in [4.78, 5) is 41.7. The largest absolute Gasteiger partial charge is 0.348 e. The number of anilines is 1. The molecular weight excluding hydrogens is 404 g/mol. The van der Waals surface area contributed by atoms with Crippen molar-refractivity contribution in [3.05, 3.63) is 65.7 Å². The third-order valence-electron chi connectivity index (χ3n) is 5.90. The molecule has 0 aromatic heterocycles. The van der Waals surface area contributed by atoms with E-state index in [0.29, 0.717) is 56.8 Å². The van der Waals surface area contributed by atoms with Gasteiger partial charge in [-0.05, 0) is 44.4 Å². The van der Waals surface area contributed by atoms with Crippen molar-refractivity contribution >= 4 is 23.5 Å². The Morgan fingerprint density at radius 1 is 0.938 bits per heavy atom. The highest BCUT2D eigenvalue weighted by molar-refractivity contribution is 6.04. The van der Waals surface area contributed by atoms with Gasteiger partial charge in [0.1, 0.15) is 0 Å². The zero-order valence-electron chi connectivity index (χ0n) is 18.8. The second-order valence-electron chi connectivity index (χ2n) is 7.92. The van der Waals surface area contributed by atoms with Crippen molar-refractivity contribution in [1.82, 2.24) is 15.1 Å². The first-order valence-corrected chi connectivity index (χ1v) is 11.3. The molecule has 1 fully saturated rings. The van der Waals surface area contributed by atoms with Crippen molar-refractivity contribution in [1.29, 1.82) is 0 Å². The van der Waals surface area contributed by atoms with Crippen LogP contribution in [0, 0.1) is 5.92 Å². The molecule has 2 N–H and O–H groups in total. The Morgan fingerprint density at radius 3 is 2.22 bits per heavy atom. The highest BCUT2D eigenvalue weighted by Gasteiger charge is 2.29. The number of nitrogens with one attached hydrogen (secondary N) is 2. The minimum Gasteiger partial charge on any atom is -0.348 e. The molecule has 1 heterocycles. The van der Waals surface area contributed by atoms with Crippen LogP contribution in [0.25, 0.3) is 0 Å². The second kappa shape index (κ2) is 11.3. The number of amides is 4. The first kappa shape index (κ1) is 23.3. The van der Waals surface area contributed by atoms with Gasteiger partial charge in [-0.3, -0.25) is 9.59 Å². The van der Waals surface area contributed by atoms with E-state index in [4.69, 9.17) is 0 Å². The van der Waals surface area contributed by atoms with Crippen molar-refractivity contribution in [3.8, 4) is 0 Å². The summed E-state index contributed by atoms with van der Waals surface area (Å²) in [7, 11) is 0. The number of likely N-dealkylation sites (tertiary alicyclic amines) is 1. The molecule has 7 nitrogen and oxygen atoms in total. The Kier molecular flexibility index (Phi) is 8.25. The lowest BCUT2D eigenvalue weighted by Crippen LogP contribution is -2.47. The summed E-state index contributed by atoms with van der Waals surface area (Å²) in [6.07, 6.45) is 1.22. The second-order valence-corrected chi connectivity index (χ2v) is 7.92. The quantitative estimate of drug-likeness (QED) is 0.694. The van der Waals surface area contributed by atoms with Gasteiger partial charge < -0.3 is 20.4 Å². The summed E-state index contributed by atoms with van der Waals surface area (Å²) < 4.78 is 0. The van der Waals surface area contributed by atoms with Gasteiger partial charge in [0.2, 0.25) is 5.91 Å². The van der Waals surface area contributed by atoms with Crippen molar-refractivity contribution in [2.45, 2.75) is 33.2 Å². The number of urea groups is 1. The normalized spacial score (nSPS) is 14.0. The molecule has 1 saturated heterocycles. The van der Waals surface area contributed by atoms with Gasteiger partial charge in [0.05, 0.1) is 11.3 Å². The summed E-state index contributed by atoms with van der Waals surface area (Å²) in [6.45, 7) is 6.84. The van der Waals surface area contributed by atoms with Crippen LogP contribution in [0.15, 0.2) is 54.6 Å². The van der Waals surface area contributed by atoms with Crippen LogP contribution in [0.2, 0.25) is 0 Å². The first-order valence-electron chi connectivity index (χ1n) is 11.3. The van der Waals surface area contributed by atoms with Crippen molar-refractivity contribution < 1.29 is 14.4 Å². The van der Waals surface area contributed by atoms with Crippen LogP contribution in [0.1, 0.15) is 42.6 Å². The molecule has 0 atom stereocenters. The Balaban J connectivity index is 1.57. The molecule has 0 unspecified atom stereocenters. The molecule has 3 rings (SSSR count). The molecule has 0 radical (unpaired) electrons. The Hall–Kier alpha value is -3.35. The van der Waals surface area contributed by atoms with Gasteiger partial charge in [-0.1, -0.05) is 42.5 Å². The Labute approximate surface area is 189 Å². The molecular formula is C25H32N4O3. The van der Waals surface area contributed by atoms with Crippen LogP contribution in [0.4, 0.5) is 10.5 Å². The zero-order chi connectivity index (χ0) is 22.9. The monoisotopic (exact) mass is 436 g/mol. The maximum absolute atomic E-state index is 12.9. The maximum Gasteiger partial charge on any atom is 0.319 e. The molecule has 32 heavy (non-hydrogen) atoms. The van der Waals surface area contributed by atoms with E-state index in [9.17, 15) is 14.4 Å². The lowest BCUT2D eigenvalue weighted by molar-refractivity contribution is -0.121. The van der Waals surface area contributed by atoms with Crippen molar-refractivity contribution in [2.75, 3.05) is 31.5 Å². The predicted octanol–water partition coefficient (Wildman–Crippen LogP) is 3.73. The molecule has 2 aromatic carbocycles. The number of hydrogen-bond acceptors (Lipinski definition) is 3. The van der Waals surface area contributed by atoms with Crippen LogP contribution in [-0.4, -0.2) is 53.8 Å². The van der Waals surface area contributed by atoms with E-state index in [0.717, 1.165) is 5.56 Å². The van der Waals surface area contributed by atoms with Crippen LogP contribution in [0.3, 0.4) is 0 Å². The van der Waals surface area contributed by atoms with Crippen LogP contribution < -0.4 is 10.6 Å². The number of benzene rings is 2. The van der Waals surface area contributed by atoms with Crippen molar-refractivity contribution in [2.24, 2.45) is 5.92 Å². The van der Waals surface area contributed by atoms with Crippen LogP contribution >= 0.6 is 0 Å². The molecule has 1 aliphatic rings. The lowest BCUT2D eigenvalue weighted by Gasteiger charge is -2.34. The number of para-hydroxylation sites is 1. The Morgan fingerprint density at radius 2 is 1.56 bits per heavy atom. The summed E-state index contributed by atoms with van der Waals surface area (Å²) in [5.41, 5.74) is 1.95. The van der Waals surface area contributed by atoms with Gasteiger partial charge in [0.15, 0.2) is 0 Å². The minimum absolute atomic E-state index is 0.0364. The van der Waals surface area contributed by atoms with Gasteiger partial charge in [0, 0.05) is 38.6 Å². The van der Waals surface area contributed by atoms with E-state index in [1.54, 1.807) is 29.2 Å². The fourth-order valence-corrected chi connectivity index (χ4v) is 3.93. The van der Waals surface area contributed by atoms with Gasteiger partial charge in [-0.2, -0.15) is 0 Å². The SMILES string of the molecule is CCN(CC)C(=O)N1CCC(C(=O)Nc2ccccc2C(=O)NCc2ccccc2)CC1. The highest BCUT2D eigenvalue weighted by atomic mass is 16.2. The predicted molar refractivity (Wildman–Crippen MR) is 125 cm³/mol. The zero-order valence-corrected chi connectivity index (χ0v) is 18.8. The number of carbonyl (C=O) groups excluding carboxylic acids is 3. The third-order valence-corrected chi connectivity index (χ3v) is 5.90. The molecule has 0 spiro atoms. The number of hydrogen-bond donors (Lipinski definition) is 2. The molecule has 2 aromatic rings. The molecule has 7 heteroatoms. The third kappa shape index (κ3) is 5.87. The minimum atomic E-state index is -0.232. The number of rotatable bonds is 7. The topological polar surface area (TPSA) is 81.8 Å². The highest BCUT2D eigenvalue weighted by Crippen LogP contribution is 2.22. The molecule has 4 amide bonds. The Bertz CT molecular complexity index is 920. The van der Waals surface area contributed by atoms with E-state index in [2.05, 4.69) is 10.6 Å². The van der Waals surface area contributed by atoms with E-state index >= 15 is 0 Å². The van der Waals surface area contributed by atoms with Gasteiger partial charge >= 0.3 is 6.03 Å². The van der Waals surface area contributed by atoms with Gasteiger partial charge in [-0.25, -0.2) is 4.79 Å². The summed E-state index contributed by atoms with van der Waals surface area (Å²) >= 11 is 0. The van der Waals surface area contributed by atoms with Crippen LogP contribution in [-0.2, 0) is 11.3 Å². The summed E-state index contributed by atoms with van der Waals surface area (Å²) in [5, 5.41) is 5.84. The van der Waals surface area contributed by atoms with E-state index in [-0.39, 0.29) is 23.8 Å². The lowest BCUT2D eigenvalue weighted by atomic mass is 9.95. The van der Waals surface area contributed by atoms with E-state index in [1.165, 1.54) is 0 Å². The van der Waals surface area contributed by atoms with E-state index in [1.807, 2.05) is 49.1 Å². The maximum atomic E-state index is 12.9. The summed E-state index contributed by atoms with van der Waals surface area (Å²) in [6, 6.07) is 16.8. The van der Waals surface area contributed by atoms with Crippen molar-refractivity contribution in [3.63, 3.8) is 0 Å². The summed E-state index contributed by atoms with van der Waals surface area (Å²) in [5.74, 6) is -0.524. The van der Waals surface area contributed by atoms with Crippen LogP contribution in [0.5, 0.6) is 0 Å². The fraction of sp³-hybridized carbons (Fsp3) is 0.400. The molecule has 170 valence electrons. The smallest absolute Gasteiger partial charge is 0.319 e. The average Bonchev–Trinajstić information content (AvgIpc) is 2.84. The van der Waals surface area contributed by atoms with E-state index < -0.39 is 0 Å². The first-order chi connectivity index (χ1) is 15.5. The molecule has 1 aliphatic heterocycles. The number of carbonyl (C=O) groups is 3. The standard InChI is InChI=1S/C25H32N4O3/c1-3-28(4-2)25(32)29-16-14-20(15-17-29)23(30)27-22-13-9-8-12-21(22)24(31)26-18-19-10-6-5-7-11-19/h5-13,20H,3-4,14-18H2,1-2H3,(H,26,31)(H,27,30). The molecule has 0 saturated carbocycles. The number of nitrogens with zero attached hydrogens (tertiary/aromatic N) is 2. The fourth-order valence-electron chi connectivity index (χ4n) is 3.93. The van der Waals surface area contributed by atoms with Gasteiger partial charge in [-0.15, -0.1) is 0 Å². The molecule has 0 aliphatic carbocycles. The van der Waals surface area contributed by atoms with Gasteiger partial charge in [0.25, 0.3) is 5.91 Å².